The van der Waals surface area contributed by atoms with Gasteiger partial charge in [-0.1, -0.05) is 110 Å². The topological polar surface area (TPSA) is 165 Å². The SMILES string of the molecule is CCCCCCCCCCCCCCCCCCOCCCOC(=O)NCCCCCC(=O)NCCOCCOCCO[C@@H](O)/C(O)=C/O. The maximum absolute atomic E-state index is 11.9. The second-order valence-corrected chi connectivity index (χ2v) is 12.5. The first kappa shape index (κ1) is 46.9. The molecule has 0 saturated heterocycles. The van der Waals surface area contributed by atoms with Crippen LogP contribution in [0.1, 0.15) is 142 Å². The van der Waals surface area contributed by atoms with Crippen molar-refractivity contribution in [3.05, 3.63) is 12.0 Å². The predicted molar refractivity (Wildman–Crippen MR) is 193 cm³/mol. The molecule has 0 bridgehead atoms. The Labute approximate surface area is 297 Å². The normalized spacial score (nSPS) is 12.2. The molecule has 5 N–H and O–H groups in total. The smallest absolute Gasteiger partial charge is 0.407 e. The summed E-state index contributed by atoms with van der Waals surface area (Å²) < 4.78 is 26.3. The molecule has 0 spiro atoms. The average molecular weight is 705 g/mol. The number of nitrogens with one attached hydrogen (secondary N) is 2. The summed E-state index contributed by atoms with van der Waals surface area (Å²) in [5, 5.41) is 32.3. The van der Waals surface area contributed by atoms with Gasteiger partial charge in [0.2, 0.25) is 12.2 Å². The predicted octanol–water partition coefficient (Wildman–Crippen LogP) is 7.38. The van der Waals surface area contributed by atoms with Crippen LogP contribution >= 0.6 is 0 Å². The van der Waals surface area contributed by atoms with Crippen LogP contribution in [0.3, 0.4) is 0 Å². The number of unbranched alkanes of at least 4 members (excludes halogenated alkanes) is 17. The van der Waals surface area contributed by atoms with Gasteiger partial charge in [-0.2, -0.15) is 0 Å². The highest BCUT2D eigenvalue weighted by atomic mass is 16.6. The number of amides is 2. The Balaban J connectivity index is 3.28. The summed E-state index contributed by atoms with van der Waals surface area (Å²) in [7, 11) is 0. The molecule has 0 heterocycles. The number of aliphatic hydroxyl groups excluding tert-OH is 3. The number of hydrogen-bond acceptors (Lipinski definition) is 10. The number of ether oxygens (including phenoxy) is 5. The first-order chi connectivity index (χ1) is 24.0. The summed E-state index contributed by atoms with van der Waals surface area (Å²) in [4.78, 5) is 23.7. The highest BCUT2D eigenvalue weighted by Gasteiger charge is 2.09. The molecule has 49 heavy (non-hydrogen) atoms. The van der Waals surface area contributed by atoms with Crippen molar-refractivity contribution in [2.45, 2.75) is 148 Å². The third kappa shape index (κ3) is 37.0. The van der Waals surface area contributed by atoms with Gasteiger partial charge < -0.3 is 49.6 Å². The second kappa shape index (κ2) is 38.7. The number of carbonyl (C=O) groups excluding carboxylic acids is 2. The monoisotopic (exact) mass is 705 g/mol. The Hall–Kier alpha value is -2.12. The maximum atomic E-state index is 11.9. The van der Waals surface area contributed by atoms with Crippen molar-refractivity contribution in [3.8, 4) is 0 Å². The number of alkyl carbamates (subject to hydrolysis) is 1. The fourth-order valence-corrected chi connectivity index (χ4v) is 5.05. The van der Waals surface area contributed by atoms with E-state index in [0.29, 0.717) is 65.2 Å². The van der Waals surface area contributed by atoms with E-state index in [1.165, 1.54) is 96.3 Å². The summed E-state index contributed by atoms with van der Waals surface area (Å²) >= 11 is 0. The fraction of sp³-hybridized carbons (Fsp3) is 0.892. The van der Waals surface area contributed by atoms with Crippen molar-refractivity contribution in [2.75, 3.05) is 65.9 Å². The molecule has 2 amide bonds. The van der Waals surface area contributed by atoms with E-state index in [9.17, 15) is 14.7 Å². The Bertz CT molecular complexity index is 757. The molecule has 0 aliphatic heterocycles. The van der Waals surface area contributed by atoms with Gasteiger partial charge in [0.15, 0.2) is 5.76 Å². The highest BCUT2D eigenvalue weighted by Crippen LogP contribution is 2.13. The molecular formula is C37H72N2O10. The van der Waals surface area contributed by atoms with E-state index in [0.717, 1.165) is 32.3 Å². The van der Waals surface area contributed by atoms with Gasteiger partial charge in [-0.3, -0.25) is 4.79 Å². The molecule has 0 radical (unpaired) electrons. The molecule has 290 valence electrons. The van der Waals surface area contributed by atoms with Crippen LogP contribution in [0.4, 0.5) is 4.79 Å². The maximum Gasteiger partial charge on any atom is 0.407 e. The first-order valence-corrected chi connectivity index (χ1v) is 19.2. The van der Waals surface area contributed by atoms with Gasteiger partial charge >= 0.3 is 6.09 Å². The van der Waals surface area contributed by atoms with Crippen molar-refractivity contribution in [3.63, 3.8) is 0 Å². The summed E-state index contributed by atoms with van der Waals surface area (Å²) in [5.74, 6) is -0.720. The molecule has 1 atom stereocenters. The van der Waals surface area contributed by atoms with Crippen LogP contribution in [-0.2, 0) is 28.5 Å². The van der Waals surface area contributed by atoms with Gasteiger partial charge in [-0.25, -0.2) is 4.79 Å². The van der Waals surface area contributed by atoms with Crippen molar-refractivity contribution >= 4 is 12.0 Å². The zero-order valence-electron chi connectivity index (χ0n) is 30.8. The molecule has 0 unspecified atom stereocenters. The van der Waals surface area contributed by atoms with Crippen LogP contribution < -0.4 is 10.6 Å². The lowest BCUT2D eigenvalue weighted by molar-refractivity contribution is -0.121. The number of carbonyl (C=O) groups is 2. The van der Waals surface area contributed by atoms with Crippen LogP contribution in [0.5, 0.6) is 0 Å². The minimum Gasteiger partial charge on any atom is -0.512 e. The molecule has 0 aromatic carbocycles. The van der Waals surface area contributed by atoms with E-state index in [2.05, 4.69) is 17.6 Å². The van der Waals surface area contributed by atoms with E-state index >= 15 is 0 Å². The number of hydrogen-bond donors (Lipinski definition) is 5. The zero-order chi connectivity index (χ0) is 35.9. The Morgan fingerprint density at radius 2 is 1.08 bits per heavy atom. The molecule has 0 fully saturated rings. The minimum atomic E-state index is -1.59. The van der Waals surface area contributed by atoms with E-state index in [1.807, 2.05) is 0 Å². The fourth-order valence-electron chi connectivity index (χ4n) is 5.05. The van der Waals surface area contributed by atoms with Gasteiger partial charge in [-0.05, 0) is 19.3 Å². The molecule has 0 saturated carbocycles. The summed E-state index contributed by atoms with van der Waals surface area (Å²) in [6.07, 6.45) is 23.6. The van der Waals surface area contributed by atoms with Gasteiger partial charge in [0, 0.05) is 39.1 Å². The van der Waals surface area contributed by atoms with Gasteiger partial charge in [0.05, 0.1) is 39.6 Å². The second-order valence-electron chi connectivity index (χ2n) is 12.5. The summed E-state index contributed by atoms with van der Waals surface area (Å²) in [6.45, 7) is 6.14. The van der Waals surface area contributed by atoms with Crippen LogP contribution in [0.15, 0.2) is 12.0 Å². The van der Waals surface area contributed by atoms with Gasteiger partial charge in [0.1, 0.15) is 6.26 Å². The number of aliphatic hydroxyl groups is 3. The third-order valence-corrected chi connectivity index (χ3v) is 7.99. The Morgan fingerprint density at radius 3 is 1.69 bits per heavy atom. The molecule has 0 aromatic heterocycles. The van der Waals surface area contributed by atoms with Crippen molar-refractivity contribution in [2.24, 2.45) is 0 Å². The minimum absolute atomic E-state index is 0.0325. The molecule has 0 aromatic rings. The molecule has 0 aliphatic carbocycles. The van der Waals surface area contributed by atoms with Crippen LogP contribution in [0, 0.1) is 0 Å². The third-order valence-electron chi connectivity index (χ3n) is 7.99. The molecule has 12 nitrogen and oxygen atoms in total. The Morgan fingerprint density at radius 1 is 0.571 bits per heavy atom. The van der Waals surface area contributed by atoms with Crippen LogP contribution in [0.2, 0.25) is 0 Å². The molecule has 0 rings (SSSR count). The van der Waals surface area contributed by atoms with E-state index in [4.69, 9.17) is 33.9 Å². The van der Waals surface area contributed by atoms with Gasteiger partial charge in [-0.15, -0.1) is 0 Å². The van der Waals surface area contributed by atoms with E-state index in [-0.39, 0.29) is 19.1 Å². The van der Waals surface area contributed by atoms with Crippen molar-refractivity contribution in [1.82, 2.24) is 10.6 Å². The largest absolute Gasteiger partial charge is 0.512 e. The van der Waals surface area contributed by atoms with Crippen molar-refractivity contribution in [1.29, 1.82) is 0 Å². The number of rotatable bonds is 38. The van der Waals surface area contributed by atoms with Gasteiger partial charge in [0.25, 0.3) is 0 Å². The summed E-state index contributed by atoms with van der Waals surface area (Å²) in [6, 6.07) is 0. The standard InChI is InChI=1S/C37H72N2O10/c1-2-3-4-5-6-7-8-9-10-11-12-13-14-15-16-20-25-45-26-21-27-49-37(44)39-23-19-17-18-22-35(42)38-24-28-46-29-30-47-31-32-48-36(43)34(41)33-40/h33,36,40-41,43H,2-32H2,1H3,(H,38,42)(H,39,44)/b34-33-/t36-/m1/s1. The zero-order valence-corrected chi connectivity index (χ0v) is 30.8. The van der Waals surface area contributed by atoms with E-state index < -0.39 is 18.1 Å². The summed E-state index contributed by atoms with van der Waals surface area (Å²) in [5.41, 5.74) is 0. The highest BCUT2D eigenvalue weighted by molar-refractivity contribution is 5.75. The van der Waals surface area contributed by atoms with Crippen LogP contribution in [0.25, 0.3) is 0 Å². The Kier molecular flexibility index (Phi) is 37.0. The van der Waals surface area contributed by atoms with E-state index in [1.54, 1.807) is 0 Å². The molecule has 12 heteroatoms. The van der Waals surface area contributed by atoms with Crippen LogP contribution in [-0.4, -0.2) is 99.6 Å². The lowest BCUT2D eigenvalue weighted by Crippen LogP contribution is -2.27. The quantitative estimate of drug-likeness (QED) is 0.0249. The first-order valence-electron chi connectivity index (χ1n) is 19.2. The lowest BCUT2D eigenvalue weighted by Gasteiger charge is -2.11. The molecule has 0 aliphatic rings. The average Bonchev–Trinajstić information content (AvgIpc) is 3.10. The van der Waals surface area contributed by atoms with Crippen molar-refractivity contribution < 1.29 is 48.6 Å². The molecular weight excluding hydrogens is 632 g/mol. The lowest BCUT2D eigenvalue weighted by atomic mass is 10.0.